The van der Waals surface area contributed by atoms with Gasteiger partial charge in [-0.3, -0.25) is 14.4 Å². The van der Waals surface area contributed by atoms with Crippen molar-refractivity contribution < 1.29 is 24.2 Å². The fourth-order valence-corrected chi connectivity index (χ4v) is 4.43. The Balaban J connectivity index is 2.68. The van der Waals surface area contributed by atoms with Gasteiger partial charge in [0.05, 0.1) is 18.9 Å². The van der Waals surface area contributed by atoms with Crippen LogP contribution in [-0.4, -0.2) is 29.9 Å². The summed E-state index contributed by atoms with van der Waals surface area (Å²) in [6.07, 6.45) is 2.28. The first-order valence-corrected chi connectivity index (χ1v) is 7.09. The van der Waals surface area contributed by atoms with E-state index in [1.807, 2.05) is 19.9 Å². The standard InChI is InChI=1S/C16H22O5/c1-9-6-7-10-14(2,3)15(4,13(20)21-5)12(19)16(9,10)8-11(17)18/h6,10H,7-8H2,1-5H3,(H,17,18)/t10-,15-,16+/m0/s1. The van der Waals surface area contributed by atoms with Crippen molar-refractivity contribution >= 4 is 17.7 Å². The molecule has 2 aliphatic rings. The van der Waals surface area contributed by atoms with Crippen molar-refractivity contribution in [1.82, 2.24) is 0 Å². The van der Waals surface area contributed by atoms with Crippen molar-refractivity contribution in [2.24, 2.45) is 22.2 Å². The van der Waals surface area contributed by atoms with E-state index < -0.39 is 28.2 Å². The molecule has 1 N–H and O–H groups in total. The molecule has 0 heterocycles. The minimum absolute atomic E-state index is 0.197. The van der Waals surface area contributed by atoms with Crippen LogP contribution in [0.4, 0.5) is 0 Å². The number of allylic oxidation sites excluding steroid dienone is 2. The van der Waals surface area contributed by atoms with Crippen LogP contribution in [0.3, 0.4) is 0 Å². The summed E-state index contributed by atoms with van der Waals surface area (Å²) in [6, 6.07) is 0. The van der Waals surface area contributed by atoms with Crippen LogP contribution >= 0.6 is 0 Å². The highest BCUT2D eigenvalue weighted by molar-refractivity contribution is 6.11. The van der Waals surface area contributed by atoms with Crippen LogP contribution in [0.15, 0.2) is 11.6 Å². The van der Waals surface area contributed by atoms with E-state index in [0.29, 0.717) is 6.42 Å². The van der Waals surface area contributed by atoms with Gasteiger partial charge in [0.25, 0.3) is 0 Å². The van der Waals surface area contributed by atoms with Gasteiger partial charge in [-0.15, -0.1) is 0 Å². The maximum absolute atomic E-state index is 13.2. The summed E-state index contributed by atoms with van der Waals surface area (Å²) >= 11 is 0. The van der Waals surface area contributed by atoms with E-state index in [0.717, 1.165) is 5.57 Å². The Bertz CT molecular complexity index is 559. The van der Waals surface area contributed by atoms with Crippen LogP contribution in [0, 0.1) is 22.2 Å². The zero-order valence-corrected chi connectivity index (χ0v) is 13.1. The van der Waals surface area contributed by atoms with Crippen LogP contribution < -0.4 is 0 Å². The van der Waals surface area contributed by atoms with Crippen LogP contribution in [-0.2, 0) is 19.1 Å². The van der Waals surface area contributed by atoms with Crippen LogP contribution in [0.5, 0.6) is 0 Å². The summed E-state index contributed by atoms with van der Waals surface area (Å²) in [7, 11) is 1.26. The molecule has 5 heteroatoms. The second kappa shape index (κ2) is 4.42. The summed E-state index contributed by atoms with van der Waals surface area (Å²) in [5.41, 5.74) is -2.31. The van der Waals surface area contributed by atoms with E-state index in [2.05, 4.69) is 0 Å². The van der Waals surface area contributed by atoms with E-state index in [-0.39, 0.29) is 18.1 Å². The molecule has 1 fully saturated rings. The molecule has 2 aliphatic carbocycles. The average molecular weight is 294 g/mol. The van der Waals surface area contributed by atoms with E-state index in [1.165, 1.54) is 7.11 Å². The number of carbonyl (C=O) groups is 3. The number of methoxy groups -OCH3 is 1. The lowest BCUT2D eigenvalue weighted by Crippen LogP contribution is -2.46. The number of ether oxygens (including phenoxy) is 1. The van der Waals surface area contributed by atoms with Gasteiger partial charge in [-0.25, -0.2) is 0 Å². The molecule has 0 amide bonds. The maximum atomic E-state index is 13.2. The first-order valence-electron chi connectivity index (χ1n) is 7.09. The highest BCUT2D eigenvalue weighted by Crippen LogP contribution is 2.68. The van der Waals surface area contributed by atoms with Gasteiger partial charge in [-0.05, 0) is 31.6 Å². The zero-order chi connectivity index (χ0) is 16.2. The summed E-state index contributed by atoms with van der Waals surface area (Å²) < 4.78 is 4.87. The molecule has 5 nitrogen and oxygen atoms in total. The van der Waals surface area contributed by atoms with Crippen molar-refractivity contribution in [1.29, 1.82) is 0 Å². The molecule has 0 spiro atoms. The van der Waals surface area contributed by atoms with Gasteiger partial charge < -0.3 is 9.84 Å². The number of carbonyl (C=O) groups excluding carboxylic acids is 2. The molecule has 0 bridgehead atoms. The Morgan fingerprint density at radius 3 is 2.43 bits per heavy atom. The fraction of sp³-hybridized carbons (Fsp3) is 0.688. The normalized spacial score (nSPS) is 37.1. The summed E-state index contributed by atoms with van der Waals surface area (Å²) in [6.45, 7) is 7.11. The predicted molar refractivity (Wildman–Crippen MR) is 75.5 cm³/mol. The highest BCUT2D eigenvalue weighted by Gasteiger charge is 2.74. The molecular weight excluding hydrogens is 272 g/mol. The minimum atomic E-state index is -1.32. The minimum Gasteiger partial charge on any atom is -0.481 e. The van der Waals surface area contributed by atoms with E-state index in [4.69, 9.17) is 4.74 Å². The van der Waals surface area contributed by atoms with Crippen LogP contribution in [0.25, 0.3) is 0 Å². The number of ketones is 1. The van der Waals surface area contributed by atoms with Crippen molar-refractivity contribution in [3.05, 3.63) is 11.6 Å². The molecule has 0 aliphatic heterocycles. The van der Waals surface area contributed by atoms with Crippen molar-refractivity contribution in [3.8, 4) is 0 Å². The predicted octanol–water partition coefficient (Wildman–Crippen LogP) is 2.20. The Hall–Kier alpha value is -1.65. The molecule has 0 radical (unpaired) electrons. The number of fused-ring (bicyclic) bond motifs is 1. The molecule has 2 rings (SSSR count). The summed E-state index contributed by atoms with van der Waals surface area (Å²) in [4.78, 5) is 36.9. The van der Waals surface area contributed by atoms with E-state index in [1.54, 1.807) is 13.8 Å². The van der Waals surface area contributed by atoms with Gasteiger partial charge in [0.1, 0.15) is 5.41 Å². The third kappa shape index (κ3) is 1.60. The molecule has 116 valence electrons. The van der Waals surface area contributed by atoms with Gasteiger partial charge in [0.2, 0.25) is 0 Å². The average Bonchev–Trinajstić information content (AvgIpc) is 2.78. The van der Waals surface area contributed by atoms with Crippen molar-refractivity contribution in [3.63, 3.8) is 0 Å². The van der Waals surface area contributed by atoms with E-state index in [9.17, 15) is 19.5 Å². The smallest absolute Gasteiger partial charge is 0.319 e. The monoisotopic (exact) mass is 294 g/mol. The highest BCUT2D eigenvalue weighted by atomic mass is 16.5. The van der Waals surface area contributed by atoms with Crippen LogP contribution in [0.2, 0.25) is 0 Å². The molecule has 0 saturated heterocycles. The maximum Gasteiger partial charge on any atom is 0.319 e. The summed E-state index contributed by atoms with van der Waals surface area (Å²) in [5.74, 6) is -2.11. The Morgan fingerprint density at radius 1 is 1.38 bits per heavy atom. The number of aliphatic carboxylic acids is 1. The Labute approximate surface area is 124 Å². The fourth-order valence-electron chi connectivity index (χ4n) is 4.43. The van der Waals surface area contributed by atoms with Gasteiger partial charge in [-0.1, -0.05) is 25.5 Å². The van der Waals surface area contributed by atoms with Gasteiger partial charge in [0.15, 0.2) is 5.78 Å². The Morgan fingerprint density at radius 2 is 1.95 bits per heavy atom. The van der Waals surface area contributed by atoms with Gasteiger partial charge in [-0.2, -0.15) is 0 Å². The summed E-state index contributed by atoms with van der Waals surface area (Å²) in [5, 5.41) is 9.29. The lowest BCUT2D eigenvalue weighted by Gasteiger charge is -2.37. The number of esters is 1. The first kappa shape index (κ1) is 15.7. The zero-order valence-electron chi connectivity index (χ0n) is 13.1. The van der Waals surface area contributed by atoms with E-state index >= 15 is 0 Å². The third-order valence-electron chi connectivity index (χ3n) is 6.00. The molecule has 1 saturated carbocycles. The molecule has 3 atom stereocenters. The number of Topliss-reactive ketones (excluding diaryl/α,β-unsaturated/α-hetero) is 1. The number of carboxylic acids is 1. The van der Waals surface area contributed by atoms with Crippen molar-refractivity contribution in [2.75, 3.05) is 7.11 Å². The molecule has 0 aromatic carbocycles. The topological polar surface area (TPSA) is 80.7 Å². The SMILES string of the molecule is COC(=O)[C@]1(C)C(=O)[C@]2(CC(=O)O)C(C)=CC[C@H]2C1(C)C. The number of hydrogen-bond acceptors (Lipinski definition) is 4. The molecule has 21 heavy (non-hydrogen) atoms. The molecule has 0 aromatic rings. The van der Waals surface area contributed by atoms with Gasteiger partial charge in [0, 0.05) is 0 Å². The number of carboxylic acid groups (broad SMARTS) is 1. The largest absolute Gasteiger partial charge is 0.481 e. The second-order valence-corrected chi connectivity index (χ2v) is 6.88. The number of rotatable bonds is 3. The van der Waals surface area contributed by atoms with Crippen molar-refractivity contribution in [2.45, 2.75) is 40.5 Å². The quantitative estimate of drug-likeness (QED) is 0.490. The lowest BCUT2D eigenvalue weighted by molar-refractivity contribution is -0.163. The van der Waals surface area contributed by atoms with Crippen LogP contribution in [0.1, 0.15) is 40.5 Å². The molecular formula is C16H22O5. The molecule has 0 unspecified atom stereocenters. The number of hydrogen-bond donors (Lipinski definition) is 1. The first-order chi connectivity index (χ1) is 9.56. The lowest BCUT2D eigenvalue weighted by atomic mass is 9.64. The van der Waals surface area contributed by atoms with Gasteiger partial charge >= 0.3 is 11.9 Å². The molecule has 0 aromatic heterocycles. The Kier molecular flexibility index (Phi) is 3.31. The third-order valence-corrected chi connectivity index (χ3v) is 6.00. The second-order valence-electron chi connectivity index (χ2n) is 6.88.